The van der Waals surface area contributed by atoms with Crippen molar-refractivity contribution in [2.24, 2.45) is 7.05 Å². The fourth-order valence-electron chi connectivity index (χ4n) is 2.63. The van der Waals surface area contributed by atoms with Crippen molar-refractivity contribution in [3.8, 4) is 0 Å². The Bertz CT molecular complexity index is 1050. The molecule has 6 heteroatoms. The van der Waals surface area contributed by atoms with Crippen LogP contribution < -0.4 is 10.3 Å². The number of sulfonamides is 1. The monoisotopic (exact) mass is 342 g/mol. The average molecular weight is 342 g/mol. The Morgan fingerprint density at radius 1 is 1.04 bits per heavy atom. The zero-order chi connectivity index (χ0) is 17.3. The molecular weight excluding hydrogens is 324 g/mol. The molecule has 0 radical (unpaired) electrons. The molecule has 0 bridgehead atoms. The van der Waals surface area contributed by atoms with E-state index < -0.39 is 10.0 Å². The van der Waals surface area contributed by atoms with E-state index in [1.807, 2.05) is 30.3 Å². The van der Waals surface area contributed by atoms with Crippen LogP contribution in [0.1, 0.15) is 11.1 Å². The number of hydrogen-bond donors (Lipinski definition) is 1. The Morgan fingerprint density at radius 2 is 1.75 bits per heavy atom. The molecule has 0 spiro atoms. The molecule has 1 N–H and O–H groups in total. The van der Waals surface area contributed by atoms with Crippen molar-refractivity contribution < 1.29 is 8.42 Å². The summed E-state index contributed by atoms with van der Waals surface area (Å²) in [7, 11) is -1.95. The van der Waals surface area contributed by atoms with Crippen LogP contribution in [-0.2, 0) is 23.6 Å². The quantitative estimate of drug-likeness (QED) is 0.791. The smallest absolute Gasteiger partial charge is 0.251 e. The highest BCUT2D eigenvalue weighted by Gasteiger charge is 2.15. The number of rotatable bonds is 4. The summed E-state index contributed by atoms with van der Waals surface area (Å²) < 4.78 is 29.2. The molecule has 2 aromatic carbocycles. The number of hydrogen-bond acceptors (Lipinski definition) is 3. The van der Waals surface area contributed by atoms with Crippen molar-refractivity contribution in [2.75, 3.05) is 0 Å². The lowest BCUT2D eigenvalue weighted by Gasteiger charge is -2.11. The van der Waals surface area contributed by atoms with Gasteiger partial charge in [-0.05, 0) is 36.2 Å². The lowest BCUT2D eigenvalue weighted by atomic mass is 10.1. The second kappa shape index (κ2) is 6.22. The maximum atomic E-state index is 12.5. The summed E-state index contributed by atoms with van der Waals surface area (Å²) >= 11 is 0. The van der Waals surface area contributed by atoms with Gasteiger partial charge in [0, 0.05) is 25.0 Å². The lowest BCUT2D eigenvalue weighted by Crippen LogP contribution is -2.23. The SMILES string of the molecule is Cc1cc(=O)n(C)c2ccc(S(=O)(=O)NCc3ccccc3)cc12. The topological polar surface area (TPSA) is 68.2 Å². The second-order valence-corrected chi connectivity index (χ2v) is 7.48. The fourth-order valence-corrected chi connectivity index (χ4v) is 3.67. The zero-order valence-electron chi connectivity index (χ0n) is 13.5. The van der Waals surface area contributed by atoms with Gasteiger partial charge in [0.05, 0.1) is 10.4 Å². The van der Waals surface area contributed by atoms with Crippen LogP contribution in [0.5, 0.6) is 0 Å². The van der Waals surface area contributed by atoms with E-state index in [1.165, 1.54) is 16.7 Å². The molecule has 0 aliphatic rings. The van der Waals surface area contributed by atoms with Crippen molar-refractivity contribution in [1.82, 2.24) is 9.29 Å². The van der Waals surface area contributed by atoms with Crippen molar-refractivity contribution in [3.05, 3.63) is 76.1 Å². The van der Waals surface area contributed by atoms with Crippen LogP contribution in [0.3, 0.4) is 0 Å². The fraction of sp³-hybridized carbons (Fsp3) is 0.167. The first-order valence-corrected chi connectivity index (χ1v) is 9.01. The number of aromatic nitrogens is 1. The standard InChI is InChI=1S/C18H18N2O3S/c1-13-10-18(21)20(2)17-9-8-15(11-16(13)17)24(22,23)19-12-14-6-4-3-5-7-14/h3-11,19H,12H2,1-2H3. The Labute approximate surface area is 140 Å². The molecule has 24 heavy (non-hydrogen) atoms. The predicted octanol–water partition coefficient (Wildman–Crippen LogP) is 2.33. The van der Waals surface area contributed by atoms with Gasteiger partial charge < -0.3 is 4.57 Å². The molecule has 0 aliphatic heterocycles. The summed E-state index contributed by atoms with van der Waals surface area (Å²) in [6.07, 6.45) is 0. The van der Waals surface area contributed by atoms with Crippen molar-refractivity contribution in [1.29, 1.82) is 0 Å². The molecule has 0 atom stereocenters. The second-order valence-electron chi connectivity index (χ2n) is 5.71. The molecule has 0 aliphatic carbocycles. The largest absolute Gasteiger partial charge is 0.311 e. The Balaban J connectivity index is 1.98. The molecule has 3 rings (SSSR count). The van der Waals surface area contributed by atoms with Gasteiger partial charge in [-0.15, -0.1) is 0 Å². The minimum Gasteiger partial charge on any atom is -0.311 e. The number of benzene rings is 2. The summed E-state index contributed by atoms with van der Waals surface area (Å²) in [6.45, 7) is 2.03. The third-order valence-electron chi connectivity index (χ3n) is 4.04. The molecule has 3 aromatic rings. The predicted molar refractivity (Wildman–Crippen MR) is 94.4 cm³/mol. The van der Waals surface area contributed by atoms with E-state index in [2.05, 4.69) is 4.72 Å². The third-order valence-corrected chi connectivity index (χ3v) is 5.44. The molecule has 1 heterocycles. The van der Waals surface area contributed by atoms with Crippen LogP contribution in [0.4, 0.5) is 0 Å². The van der Waals surface area contributed by atoms with Gasteiger partial charge in [-0.2, -0.15) is 0 Å². The Hall–Kier alpha value is -2.44. The molecule has 0 saturated carbocycles. The Morgan fingerprint density at radius 3 is 2.46 bits per heavy atom. The van der Waals surface area contributed by atoms with Gasteiger partial charge in [0.15, 0.2) is 0 Å². The van der Waals surface area contributed by atoms with E-state index in [4.69, 9.17) is 0 Å². The van der Waals surface area contributed by atoms with Crippen LogP contribution in [0.25, 0.3) is 10.9 Å². The number of aryl methyl sites for hydroxylation is 2. The summed E-state index contributed by atoms with van der Waals surface area (Å²) in [5.74, 6) is 0. The van der Waals surface area contributed by atoms with Gasteiger partial charge >= 0.3 is 0 Å². The molecular formula is C18H18N2O3S. The van der Waals surface area contributed by atoms with Crippen molar-refractivity contribution >= 4 is 20.9 Å². The van der Waals surface area contributed by atoms with E-state index in [0.717, 1.165) is 16.5 Å². The van der Waals surface area contributed by atoms with Crippen LogP contribution in [-0.4, -0.2) is 13.0 Å². The molecule has 124 valence electrons. The lowest BCUT2D eigenvalue weighted by molar-refractivity contribution is 0.581. The van der Waals surface area contributed by atoms with E-state index in [0.29, 0.717) is 5.52 Å². The number of fused-ring (bicyclic) bond motifs is 1. The van der Waals surface area contributed by atoms with Gasteiger partial charge in [0.2, 0.25) is 10.0 Å². The van der Waals surface area contributed by atoms with Gasteiger partial charge in [0.25, 0.3) is 5.56 Å². The van der Waals surface area contributed by atoms with E-state index in [-0.39, 0.29) is 17.0 Å². The van der Waals surface area contributed by atoms with Crippen LogP contribution in [0.15, 0.2) is 64.3 Å². The normalized spacial score (nSPS) is 11.8. The number of nitrogens with zero attached hydrogens (tertiary/aromatic N) is 1. The number of pyridine rings is 1. The number of nitrogens with one attached hydrogen (secondary N) is 1. The van der Waals surface area contributed by atoms with Gasteiger partial charge in [-0.3, -0.25) is 4.79 Å². The molecule has 0 amide bonds. The zero-order valence-corrected chi connectivity index (χ0v) is 14.3. The van der Waals surface area contributed by atoms with E-state index >= 15 is 0 Å². The highest BCUT2D eigenvalue weighted by Crippen LogP contribution is 2.20. The first-order chi connectivity index (χ1) is 11.4. The first-order valence-electron chi connectivity index (χ1n) is 7.52. The van der Waals surface area contributed by atoms with Crippen LogP contribution >= 0.6 is 0 Å². The summed E-state index contributed by atoms with van der Waals surface area (Å²) in [6, 6.07) is 15.6. The molecule has 0 unspecified atom stereocenters. The van der Waals surface area contributed by atoms with Gasteiger partial charge in [-0.1, -0.05) is 30.3 Å². The van der Waals surface area contributed by atoms with Crippen LogP contribution in [0, 0.1) is 6.92 Å². The van der Waals surface area contributed by atoms with Gasteiger partial charge in [0.1, 0.15) is 0 Å². The van der Waals surface area contributed by atoms with E-state index in [9.17, 15) is 13.2 Å². The molecule has 5 nitrogen and oxygen atoms in total. The summed E-state index contributed by atoms with van der Waals surface area (Å²) in [5, 5.41) is 0.750. The average Bonchev–Trinajstić information content (AvgIpc) is 2.58. The maximum Gasteiger partial charge on any atom is 0.251 e. The maximum absolute atomic E-state index is 12.5. The highest BCUT2D eigenvalue weighted by molar-refractivity contribution is 7.89. The summed E-state index contributed by atoms with van der Waals surface area (Å²) in [5.41, 5.74) is 2.24. The van der Waals surface area contributed by atoms with Crippen molar-refractivity contribution in [3.63, 3.8) is 0 Å². The minimum atomic E-state index is -3.63. The van der Waals surface area contributed by atoms with Crippen molar-refractivity contribution in [2.45, 2.75) is 18.4 Å². The highest BCUT2D eigenvalue weighted by atomic mass is 32.2. The molecule has 0 fully saturated rings. The van der Waals surface area contributed by atoms with Crippen LogP contribution in [0.2, 0.25) is 0 Å². The molecule has 0 saturated heterocycles. The Kier molecular flexibility index (Phi) is 4.26. The summed E-state index contributed by atoms with van der Waals surface area (Å²) in [4.78, 5) is 12.0. The van der Waals surface area contributed by atoms with E-state index in [1.54, 1.807) is 26.1 Å². The first kappa shape index (κ1) is 16.4. The minimum absolute atomic E-state index is 0.113. The van der Waals surface area contributed by atoms with Gasteiger partial charge in [-0.25, -0.2) is 13.1 Å². The third kappa shape index (κ3) is 3.11. The molecule has 1 aromatic heterocycles.